The molecule has 8 nitrogen and oxygen atoms in total. The van der Waals surface area contributed by atoms with Crippen LogP contribution in [0.15, 0.2) is 18.2 Å². The second kappa shape index (κ2) is 9.14. The number of amides is 3. The zero-order valence-corrected chi connectivity index (χ0v) is 19.6. The third kappa shape index (κ3) is 4.71. The number of hydrogen-bond acceptors (Lipinski definition) is 4. The fourth-order valence-electron chi connectivity index (χ4n) is 4.73. The van der Waals surface area contributed by atoms with Gasteiger partial charge in [-0.15, -0.1) is 0 Å². The van der Waals surface area contributed by atoms with Gasteiger partial charge in [0.2, 0.25) is 0 Å². The molecule has 2 aliphatic rings. The van der Waals surface area contributed by atoms with Crippen molar-refractivity contribution in [2.75, 3.05) is 18.9 Å². The summed E-state index contributed by atoms with van der Waals surface area (Å²) in [4.78, 5) is 29.1. The zero-order valence-electron chi connectivity index (χ0n) is 19.6. The highest BCUT2D eigenvalue weighted by Gasteiger charge is 2.38. The van der Waals surface area contributed by atoms with Gasteiger partial charge in [-0.2, -0.15) is 18.3 Å². The van der Waals surface area contributed by atoms with Gasteiger partial charge in [0, 0.05) is 49.8 Å². The molecule has 0 aliphatic carbocycles. The summed E-state index contributed by atoms with van der Waals surface area (Å²) in [6.07, 6.45) is -4.62. The number of aromatic nitrogens is 2. The van der Waals surface area contributed by atoms with Gasteiger partial charge in [0.05, 0.1) is 23.9 Å². The van der Waals surface area contributed by atoms with Crippen LogP contribution in [-0.4, -0.2) is 62.4 Å². The molecule has 0 fully saturated rings. The van der Waals surface area contributed by atoms with Gasteiger partial charge in [0.1, 0.15) is 11.5 Å². The second-order valence-electron chi connectivity index (χ2n) is 9.18. The number of nitrogens with one attached hydrogen (secondary N) is 1. The predicted molar refractivity (Wildman–Crippen MR) is 118 cm³/mol. The number of rotatable bonds is 3. The molecule has 2 aromatic rings. The molecule has 2 N–H and O–H groups in total. The van der Waals surface area contributed by atoms with Gasteiger partial charge in [-0.25, -0.2) is 9.18 Å². The molecule has 0 bridgehead atoms. The first-order chi connectivity index (χ1) is 16.4. The number of carbonyl (C=O) groups excluding carboxylic acids is 2. The van der Waals surface area contributed by atoms with Crippen LogP contribution in [-0.2, 0) is 25.7 Å². The van der Waals surface area contributed by atoms with E-state index in [4.69, 9.17) is 0 Å². The molecule has 35 heavy (non-hydrogen) atoms. The van der Waals surface area contributed by atoms with Gasteiger partial charge < -0.3 is 20.2 Å². The van der Waals surface area contributed by atoms with Crippen molar-refractivity contribution in [2.24, 2.45) is 5.92 Å². The van der Waals surface area contributed by atoms with Crippen LogP contribution < -0.4 is 5.32 Å². The van der Waals surface area contributed by atoms with E-state index in [1.807, 2.05) is 6.92 Å². The zero-order chi connectivity index (χ0) is 25.7. The number of urea groups is 1. The Labute approximate surface area is 199 Å². The van der Waals surface area contributed by atoms with E-state index < -0.39 is 29.7 Å². The Balaban J connectivity index is 1.60. The standard InChI is InChI=1S/C23H27F4N5O3/c1-4-19(33)13-9-30(3)21(34)20-15-11-31(12(2)7-18(15)29-32(20)10-13)22(35)28-14-5-6-17(24)16(8-14)23(25,26)27/h5-6,8,12-13,19,33H,4,7,9-11H2,1-3H3,(H,28,35)/t12-,13+,19-/m1/s1. The number of hydrogen-bond donors (Lipinski definition) is 2. The summed E-state index contributed by atoms with van der Waals surface area (Å²) in [6, 6.07) is 1.25. The molecule has 0 saturated heterocycles. The molecule has 190 valence electrons. The Morgan fingerprint density at radius 2 is 2.03 bits per heavy atom. The molecular weight excluding hydrogens is 470 g/mol. The molecule has 12 heteroatoms. The van der Waals surface area contributed by atoms with Crippen molar-refractivity contribution in [3.63, 3.8) is 0 Å². The number of nitrogens with zero attached hydrogens (tertiary/aromatic N) is 4. The molecule has 1 aromatic carbocycles. The lowest BCUT2D eigenvalue weighted by Crippen LogP contribution is -2.45. The topological polar surface area (TPSA) is 90.7 Å². The summed E-state index contributed by atoms with van der Waals surface area (Å²) < 4.78 is 54.4. The largest absolute Gasteiger partial charge is 0.419 e. The van der Waals surface area contributed by atoms with Crippen LogP contribution in [0, 0.1) is 11.7 Å². The van der Waals surface area contributed by atoms with Crippen LogP contribution in [0.4, 0.5) is 28.0 Å². The van der Waals surface area contributed by atoms with Crippen LogP contribution in [0.5, 0.6) is 0 Å². The molecule has 3 amide bonds. The predicted octanol–water partition coefficient (Wildman–Crippen LogP) is 3.49. The lowest BCUT2D eigenvalue weighted by atomic mass is 9.99. The number of anilines is 1. The molecular formula is C23H27F4N5O3. The summed E-state index contributed by atoms with van der Waals surface area (Å²) in [5.74, 6) is -1.90. The quantitative estimate of drug-likeness (QED) is 0.636. The fraction of sp³-hybridized carbons (Fsp3) is 0.522. The van der Waals surface area contributed by atoms with Gasteiger partial charge in [-0.1, -0.05) is 6.92 Å². The summed E-state index contributed by atoms with van der Waals surface area (Å²) in [5.41, 5.74) is -0.0616. The highest BCUT2D eigenvalue weighted by Crippen LogP contribution is 2.34. The maximum atomic E-state index is 13.6. The Kier molecular flexibility index (Phi) is 6.52. The van der Waals surface area contributed by atoms with Gasteiger partial charge in [-0.3, -0.25) is 9.48 Å². The average Bonchev–Trinajstić information content (AvgIpc) is 3.07. The molecule has 0 spiro atoms. The minimum atomic E-state index is -4.90. The molecule has 2 aliphatic heterocycles. The van der Waals surface area contributed by atoms with Crippen molar-refractivity contribution in [3.05, 3.63) is 46.5 Å². The Hall–Kier alpha value is -3.15. The van der Waals surface area contributed by atoms with Gasteiger partial charge in [0.25, 0.3) is 5.91 Å². The van der Waals surface area contributed by atoms with E-state index in [1.54, 1.807) is 18.7 Å². The number of carbonyl (C=O) groups is 2. The third-order valence-electron chi connectivity index (χ3n) is 6.69. The van der Waals surface area contributed by atoms with E-state index in [-0.39, 0.29) is 30.1 Å². The monoisotopic (exact) mass is 497 g/mol. The minimum absolute atomic E-state index is 0.0333. The SMILES string of the molecule is CC[C@@H](O)[C@H]1CN(C)C(=O)c2c3c(nn2C1)C[C@@H](C)N(C(=O)Nc1ccc(F)c(C(F)(F)F)c1)C3. The van der Waals surface area contributed by atoms with E-state index in [0.29, 0.717) is 55.0 Å². The van der Waals surface area contributed by atoms with Crippen molar-refractivity contribution in [1.29, 1.82) is 0 Å². The molecule has 0 saturated carbocycles. The summed E-state index contributed by atoms with van der Waals surface area (Å²) in [5, 5.41) is 17.4. The van der Waals surface area contributed by atoms with E-state index in [2.05, 4.69) is 10.4 Å². The first-order valence-corrected chi connectivity index (χ1v) is 11.4. The average molecular weight is 497 g/mol. The van der Waals surface area contributed by atoms with Crippen LogP contribution in [0.3, 0.4) is 0 Å². The minimum Gasteiger partial charge on any atom is -0.393 e. The normalized spacial score (nSPS) is 21.3. The van der Waals surface area contributed by atoms with E-state index in [0.717, 1.165) is 6.07 Å². The number of aliphatic hydroxyl groups is 1. The highest BCUT2D eigenvalue weighted by molar-refractivity contribution is 5.95. The van der Waals surface area contributed by atoms with Crippen molar-refractivity contribution in [3.8, 4) is 0 Å². The molecule has 3 heterocycles. The van der Waals surface area contributed by atoms with Crippen LogP contribution in [0.1, 0.15) is 47.6 Å². The molecule has 0 unspecified atom stereocenters. The smallest absolute Gasteiger partial charge is 0.393 e. The Morgan fingerprint density at radius 1 is 1.31 bits per heavy atom. The molecule has 3 atom stereocenters. The molecule has 4 rings (SSSR count). The number of aliphatic hydroxyl groups excluding tert-OH is 1. The highest BCUT2D eigenvalue weighted by atomic mass is 19.4. The second-order valence-corrected chi connectivity index (χ2v) is 9.18. The first-order valence-electron chi connectivity index (χ1n) is 11.4. The number of halogens is 4. The fourth-order valence-corrected chi connectivity index (χ4v) is 4.73. The summed E-state index contributed by atoms with van der Waals surface area (Å²) in [6.45, 7) is 4.38. The van der Waals surface area contributed by atoms with Crippen LogP contribution in [0.2, 0.25) is 0 Å². The van der Waals surface area contributed by atoms with Crippen molar-refractivity contribution >= 4 is 17.6 Å². The molecule has 1 aromatic heterocycles. The van der Waals surface area contributed by atoms with Crippen molar-refractivity contribution in [2.45, 2.75) is 58.1 Å². The van der Waals surface area contributed by atoms with E-state index in [1.165, 1.54) is 9.80 Å². The lowest BCUT2D eigenvalue weighted by Gasteiger charge is -2.33. The summed E-state index contributed by atoms with van der Waals surface area (Å²) >= 11 is 0. The number of fused-ring (bicyclic) bond motifs is 3. The summed E-state index contributed by atoms with van der Waals surface area (Å²) in [7, 11) is 1.65. The maximum Gasteiger partial charge on any atom is 0.419 e. The Morgan fingerprint density at radius 3 is 2.69 bits per heavy atom. The van der Waals surface area contributed by atoms with E-state index in [9.17, 15) is 32.3 Å². The third-order valence-corrected chi connectivity index (χ3v) is 6.69. The maximum absolute atomic E-state index is 13.6. The van der Waals surface area contributed by atoms with Gasteiger partial charge in [0.15, 0.2) is 0 Å². The molecule has 0 radical (unpaired) electrons. The van der Waals surface area contributed by atoms with Gasteiger partial charge in [-0.05, 0) is 31.5 Å². The Bertz CT molecular complexity index is 1150. The lowest BCUT2D eigenvalue weighted by molar-refractivity contribution is -0.139. The number of benzene rings is 1. The first kappa shape index (κ1) is 25.0. The van der Waals surface area contributed by atoms with E-state index >= 15 is 0 Å². The van der Waals surface area contributed by atoms with Crippen molar-refractivity contribution in [1.82, 2.24) is 19.6 Å². The van der Waals surface area contributed by atoms with Gasteiger partial charge >= 0.3 is 12.2 Å². The van der Waals surface area contributed by atoms with Crippen LogP contribution in [0.25, 0.3) is 0 Å². The van der Waals surface area contributed by atoms with Crippen LogP contribution >= 0.6 is 0 Å². The van der Waals surface area contributed by atoms with Crippen molar-refractivity contribution < 1.29 is 32.3 Å². The number of alkyl halides is 3.